The van der Waals surface area contributed by atoms with Crippen LogP contribution in [0.3, 0.4) is 0 Å². The molecule has 0 aromatic rings. The van der Waals surface area contributed by atoms with Crippen LogP contribution in [-0.4, -0.2) is 16.0 Å². The van der Waals surface area contributed by atoms with Crippen molar-refractivity contribution in [3.05, 3.63) is 45.7 Å². The first-order chi connectivity index (χ1) is 6.65. The predicted molar refractivity (Wildman–Crippen MR) is 55.7 cm³/mol. The lowest BCUT2D eigenvalue weighted by atomic mass is 10.1. The van der Waals surface area contributed by atoms with E-state index in [0.717, 1.165) is 0 Å². The van der Waals surface area contributed by atoms with Crippen molar-refractivity contribution in [2.75, 3.05) is 5.33 Å². The fourth-order valence-electron chi connectivity index (χ4n) is 1.02. The summed E-state index contributed by atoms with van der Waals surface area (Å²) >= 11 is 3.02. The summed E-state index contributed by atoms with van der Waals surface area (Å²) in [5.41, 5.74) is 0.404. The van der Waals surface area contributed by atoms with Crippen molar-refractivity contribution in [1.29, 1.82) is 0 Å². The molecule has 1 aliphatic rings. The van der Waals surface area contributed by atoms with Gasteiger partial charge in [0, 0.05) is 11.6 Å². The molecule has 74 valence electrons. The lowest BCUT2D eigenvalue weighted by molar-refractivity contribution is -0.426. The monoisotopic (exact) mass is 257 g/mol. The van der Waals surface area contributed by atoms with Crippen LogP contribution in [0.15, 0.2) is 35.6 Å². The molecule has 14 heavy (non-hydrogen) atoms. The summed E-state index contributed by atoms with van der Waals surface area (Å²) in [7, 11) is 0. The van der Waals surface area contributed by atoms with Crippen LogP contribution in [0.5, 0.6) is 0 Å². The molecule has 0 N–H and O–H groups in total. The van der Waals surface area contributed by atoms with Crippen LogP contribution in [0.25, 0.3) is 0 Å². The highest BCUT2D eigenvalue weighted by Gasteiger charge is 2.14. The van der Waals surface area contributed by atoms with Gasteiger partial charge in [-0.2, -0.15) is 0 Å². The highest BCUT2D eigenvalue weighted by atomic mass is 79.9. The largest absolute Gasteiger partial charge is 0.293 e. The molecular weight excluding hydrogens is 250 g/mol. The maximum atomic E-state index is 11.3. The number of hydrogen-bond acceptors (Lipinski definition) is 3. The summed E-state index contributed by atoms with van der Waals surface area (Å²) in [6.07, 6.45) is 6.47. The average Bonchev–Trinajstić information content (AvgIpc) is 2.41. The molecule has 0 radical (unpaired) electrons. The van der Waals surface area contributed by atoms with Crippen LogP contribution in [0, 0.1) is 10.1 Å². The number of rotatable bonds is 3. The van der Waals surface area contributed by atoms with Crippen LogP contribution in [0.2, 0.25) is 0 Å². The van der Waals surface area contributed by atoms with E-state index in [-0.39, 0.29) is 23.2 Å². The first kappa shape index (κ1) is 10.8. The highest BCUT2D eigenvalue weighted by Crippen LogP contribution is 2.14. The minimum atomic E-state index is -0.467. The van der Waals surface area contributed by atoms with Gasteiger partial charge in [0.05, 0.1) is 16.7 Å². The normalized spacial score (nSPS) is 15.5. The molecule has 0 unspecified atom stereocenters. The standard InChI is InChI=1S/C9H8BrNO3/c10-6-9(12)7-3-1-2-4-8(5-7)11(13)14/h1-3,5H,4,6H2. The molecule has 4 nitrogen and oxygen atoms in total. The summed E-state index contributed by atoms with van der Waals surface area (Å²) in [6, 6.07) is 0. The van der Waals surface area contributed by atoms with E-state index in [2.05, 4.69) is 15.9 Å². The van der Waals surface area contributed by atoms with E-state index in [0.29, 0.717) is 5.57 Å². The second-order valence-corrected chi connectivity index (χ2v) is 3.26. The van der Waals surface area contributed by atoms with E-state index in [9.17, 15) is 14.9 Å². The molecule has 1 aliphatic carbocycles. The number of carbonyl (C=O) groups excluding carboxylic acids is 1. The summed E-state index contributed by atoms with van der Waals surface area (Å²) in [4.78, 5) is 21.3. The Morgan fingerprint density at radius 3 is 2.93 bits per heavy atom. The van der Waals surface area contributed by atoms with Gasteiger partial charge in [-0.05, 0) is 0 Å². The minimum absolute atomic E-state index is 0.0410. The quantitative estimate of drug-likeness (QED) is 0.442. The molecule has 0 aliphatic heterocycles. The number of ketones is 1. The second kappa shape index (κ2) is 4.85. The lowest BCUT2D eigenvalue weighted by Crippen LogP contribution is -2.04. The summed E-state index contributed by atoms with van der Waals surface area (Å²) in [5, 5.41) is 10.7. The molecular formula is C9H8BrNO3. The third-order valence-electron chi connectivity index (χ3n) is 1.74. The lowest BCUT2D eigenvalue weighted by Gasteiger charge is -1.95. The minimum Gasteiger partial charge on any atom is -0.293 e. The van der Waals surface area contributed by atoms with Crippen molar-refractivity contribution in [3.8, 4) is 0 Å². The fraction of sp³-hybridized carbons (Fsp3) is 0.222. The first-order valence-corrected chi connectivity index (χ1v) is 5.08. The van der Waals surface area contributed by atoms with Crippen LogP contribution < -0.4 is 0 Å². The van der Waals surface area contributed by atoms with Crippen molar-refractivity contribution >= 4 is 21.7 Å². The van der Waals surface area contributed by atoms with Crippen LogP contribution in [0.1, 0.15) is 6.42 Å². The Morgan fingerprint density at radius 1 is 1.64 bits per heavy atom. The Labute approximate surface area is 89.3 Å². The molecule has 0 aromatic heterocycles. The third kappa shape index (κ3) is 2.63. The van der Waals surface area contributed by atoms with Crippen molar-refractivity contribution in [3.63, 3.8) is 0 Å². The maximum Gasteiger partial charge on any atom is 0.250 e. The Morgan fingerprint density at radius 2 is 2.36 bits per heavy atom. The number of Topliss-reactive ketones (excluding diaryl/α,β-unsaturated/α-hetero) is 1. The molecule has 0 saturated heterocycles. The van der Waals surface area contributed by atoms with Gasteiger partial charge in [0.25, 0.3) is 5.70 Å². The van der Waals surface area contributed by atoms with Gasteiger partial charge in [-0.15, -0.1) is 0 Å². The van der Waals surface area contributed by atoms with Crippen LogP contribution >= 0.6 is 15.9 Å². The maximum absolute atomic E-state index is 11.3. The molecule has 0 saturated carbocycles. The van der Waals surface area contributed by atoms with E-state index < -0.39 is 4.92 Å². The average molecular weight is 258 g/mol. The molecule has 0 fully saturated rings. The molecule has 5 heteroatoms. The smallest absolute Gasteiger partial charge is 0.250 e. The summed E-state index contributed by atoms with van der Waals surface area (Å²) < 4.78 is 0. The first-order valence-electron chi connectivity index (χ1n) is 3.96. The number of hydrogen-bond donors (Lipinski definition) is 0. The van der Waals surface area contributed by atoms with Gasteiger partial charge >= 0.3 is 0 Å². The van der Waals surface area contributed by atoms with Crippen molar-refractivity contribution < 1.29 is 9.72 Å². The zero-order valence-electron chi connectivity index (χ0n) is 7.27. The molecule has 0 atom stereocenters. The number of alkyl halides is 1. The number of carbonyl (C=O) groups is 1. The van der Waals surface area contributed by atoms with Gasteiger partial charge in [-0.3, -0.25) is 14.9 Å². The molecule has 0 amide bonds. The van der Waals surface area contributed by atoms with Gasteiger partial charge in [-0.1, -0.05) is 34.2 Å². The Kier molecular flexibility index (Phi) is 3.76. The van der Waals surface area contributed by atoms with E-state index in [4.69, 9.17) is 0 Å². The second-order valence-electron chi connectivity index (χ2n) is 2.70. The van der Waals surface area contributed by atoms with E-state index in [1.54, 1.807) is 18.2 Å². The highest BCUT2D eigenvalue weighted by molar-refractivity contribution is 9.09. The van der Waals surface area contributed by atoms with Crippen molar-refractivity contribution in [2.24, 2.45) is 0 Å². The van der Waals surface area contributed by atoms with Crippen LogP contribution in [-0.2, 0) is 4.79 Å². The van der Waals surface area contributed by atoms with E-state index in [1.807, 2.05) is 0 Å². The SMILES string of the molecule is O=C(CBr)C1=CC=CCC([N+](=O)[O-])=C1. The van der Waals surface area contributed by atoms with Gasteiger partial charge in [-0.25, -0.2) is 0 Å². The van der Waals surface area contributed by atoms with Gasteiger partial charge < -0.3 is 0 Å². The zero-order valence-corrected chi connectivity index (χ0v) is 8.86. The molecule has 0 bridgehead atoms. The number of halogens is 1. The Balaban J connectivity index is 2.99. The Hall–Kier alpha value is -1.23. The van der Waals surface area contributed by atoms with Crippen molar-refractivity contribution in [1.82, 2.24) is 0 Å². The molecule has 1 rings (SSSR count). The Bertz CT molecular complexity index is 355. The molecule has 0 heterocycles. The van der Waals surface area contributed by atoms with Crippen molar-refractivity contribution in [2.45, 2.75) is 6.42 Å². The number of nitrogens with zero attached hydrogens (tertiary/aromatic N) is 1. The van der Waals surface area contributed by atoms with Crippen LogP contribution in [0.4, 0.5) is 0 Å². The fourth-order valence-corrected chi connectivity index (χ4v) is 1.35. The van der Waals surface area contributed by atoms with Gasteiger partial charge in [0.15, 0.2) is 5.78 Å². The third-order valence-corrected chi connectivity index (χ3v) is 2.25. The van der Waals surface area contributed by atoms with E-state index in [1.165, 1.54) is 6.08 Å². The summed E-state index contributed by atoms with van der Waals surface area (Å²) in [5.74, 6) is -0.157. The van der Waals surface area contributed by atoms with E-state index >= 15 is 0 Å². The molecule has 0 spiro atoms. The summed E-state index contributed by atoms with van der Waals surface area (Å²) in [6.45, 7) is 0. The van der Waals surface area contributed by atoms with Gasteiger partial charge in [0.1, 0.15) is 0 Å². The topological polar surface area (TPSA) is 60.2 Å². The number of nitro groups is 1. The molecule has 0 aromatic carbocycles. The predicted octanol–water partition coefficient (Wildman–Crippen LogP) is 2.00. The zero-order chi connectivity index (χ0) is 10.6. The van der Waals surface area contributed by atoms with Gasteiger partial charge in [0.2, 0.25) is 0 Å². The number of allylic oxidation sites excluding steroid dienone is 5.